The summed E-state index contributed by atoms with van der Waals surface area (Å²) in [6.45, 7) is 3.96. The highest BCUT2D eigenvalue weighted by Crippen LogP contribution is 2.41. The number of rotatable bonds is 5. The largest absolute Gasteiger partial charge is 0.494 e. The van der Waals surface area contributed by atoms with Crippen LogP contribution in [0.2, 0.25) is 0 Å². The number of carbonyl (C=O) groups excluding carboxylic acids is 2. The zero-order chi connectivity index (χ0) is 19.5. The van der Waals surface area contributed by atoms with Gasteiger partial charge >= 0.3 is 18.1 Å². The number of hydrogen-bond acceptors (Lipinski definition) is 5. The van der Waals surface area contributed by atoms with Gasteiger partial charge in [-0.3, -0.25) is 4.79 Å². The van der Waals surface area contributed by atoms with E-state index in [0.29, 0.717) is 28.4 Å². The Kier molecular flexibility index (Phi) is 5.91. The minimum Gasteiger partial charge on any atom is -0.494 e. The molecule has 0 aliphatic rings. The standard InChI is InChI=1S/C17H16F3NO4S/c1-4-25-11-7-5-10(6-8-11)12-9(2)26-14(13(12)15(22)24-3)21-16(23)17(18,19)20/h5-8H,4H2,1-3H3,(H,21,23). The summed E-state index contributed by atoms with van der Waals surface area (Å²) in [6, 6.07) is 6.74. The lowest BCUT2D eigenvalue weighted by Crippen LogP contribution is -2.30. The molecule has 0 aliphatic heterocycles. The van der Waals surface area contributed by atoms with E-state index in [1.807, 2.05) is 6.92 Å². The molecular weight excluding hydrogens is 371 g/mol. The van der Waals surface area contributed by atoms with E-state index in [0.717, 1.165) is 18.4 Å². The van der Waals surface area contributed by atoms with Gasteiger partial charge in [-0.1, -0.05) is 12.1 Å². The Labute approximate surface area is 151 Å². The molecule has 0 radical (unpaired) electrons. The van der Waals surface area contributed by atoms with E-state index in [4.69, 9.17) is 9.47 Å². The van der Waals surface area contributed by atoms with Gasteiger partial charge in [-0.2, -0.15) is 13.2 Å². The molecule has 0 atom stereocenters. The van der Waals surface area contributed by atoms with E-state index in [2.05, 4.69) is 0 Å². The molecule has 26 heavy (non-hydrogen) atoms. The van der Waals surface area contributed by atoms with Crippen molar-refractivity contribution in [3.63, 3.8) is 0 Å². The number of carbonyl (C=O) groups is 2. The van der Waals surface area contributed by atoms with Crippen molar-refractivity contribution in [2.45, 2.75) is 20.0 Å². The lowest BCUT2D eigenvalue weighted by atomic mass is 10.0. The summed E-state index contributed by atoms with van der Waals surface area (Å²) < 4.78 is 47.7. The Morgan fingerprint density at radius 1 is 1.19 bits per heavy atom. The van der Waals surface area contributed by atoms with Crippen molar-refractivity contribution >= 4 is 28.2 Å². The number of methoxy groups -OCH3 is 1. The van der Waals surface area contributed by atoms with Crippen molar-refractivity contribution in [3.05, 3.63) is 34.7 Å². The van der Waals surface area contributed by atoms with Gasteiger partial charge < -0.3 is 14.8 Å². The van der Waals surface area contributed by atoms with Crippen LogP contribution in [-0.4, -0.2) is 31.8 Å². The zero-order valence-corrected chi connectivity index (χ0v) is 15.0. The average Bonchev–Trinajstić information content (AvgIpc) is 2.90. The highest BCUT2D eigenvalue weighted by molar-refractivity contribution is 7.17. The fourth-order valence-electron chi connectivity index (χ4n) is 2.34. The van der Waals surface area contributed by atoms with Crippen LogP contribution in [0.15, 0.2) is 24.3 Å². The summed E-state index contributed by atoms with van der Waals surface area (Å²) in [5.74, 6) is -2.37. The first-order valence-corrected chi connectivity index (χ1v) is 8.33. The third kappa shape index (κ3) is 4.16. The van der Waals surface area contributed by atoms with E-state index in [9.17, 15) is 22.8 Å². The van der Waals surface area contributed by atoms with Gasteiger partial charge in [0.05, 0.1) is 13.7 Å². The number of thiophene rings is 1. The van der Waals surface area contributed by atoms with E-state index >= 15 is 0 Å². The summed E-state index contributed by atoms with van der Waals surface area (Å²) >= 11 is 0.874. The third-order valence-corrected chi connectivity index (χ3v) is 4.43. The van der Waals surface area contributed by atoms with Crippen LogP contribution in [0.5, 0.6) is 5.75 Å². The first kappa shape index (κ1) is 19.8. The van der Waals surface area contributed by atoms with Crippen molar-refractivity contribution in [2.24, 2.45) is 0 Å². The van der Waals surface area contributed by atoms with Crippen LogP contribution in [0.25, 0.3) is 11.1 Å². The maximum atomic E-state index is 12.6. The maximum absolute atomic E-state index is 12.6. The number of amides is 1. The summed E-state index contributed by atoms with van der Waals surface area (Å²) in [5.41, 5.74) is 0.884. The van der Waals surface area contributed by atoms with Gasteiger partial charge in [0, 0.05) is 10.4 Å². The number of halogens is 3. The maximum Gasteiger partial charge on any atom is 0.471 e. The van der Waals surface area contributed by atoms with E-state index < -0.39 is 18.1 Å². The molecule has 0 fully saturated rings. The molecule has 1 amide bonds. The molecule has 1 heterocycles. The minimum absolute atomic E-state index is 0.114. The molecule has 140 valence electrons. The molecule has 2 rings (SSSR count). The SMILES string of the molecule is CCOc1ccc(-c2c(C)sc(NC(=O)C(F)(F)F)c2C(=O)OC)cc1. The molecule has 1 N–H and O–H groups in total. The van der Waals surface area contributed by atoms with Gasteiger partial charge in [0.2, 0.25) is 0 Å². The number of benzene rings is 1. The molecule has 9 heteroatoms. The van der Waals surface area contributed by atoms with Crippen LogP contribution >= 0.6 is 11.3 Å². The Bertz CT molecular complexity index is 813. The quantitative estimate of drug-likeness (QED) is 0.772. The normalized spacial score (nSPS) is 11.2. The van der Waals surface area contributed by atoms with Crippen LogP contribution < -0.4 is 10.1 Å². The number of nitrogens with one attached hydrogen (secondary N) is 1. The Balaban J connectivity index is 2.52. The Hall–Kier alpha value is -2.55. The topological polar surface area (TPSA) is 64.6 Å². The molecule has 0 unspecified atom stereocenters. The molecule has 5 nitrogen and oxygen atoms in total. The van der Waals surface area contributed by atoms with E-state index in [-0.39, 0.29) is 10.6 Å². The molecule has 0 bridgehead atoms. The van der Waals surface area contributed by atoms with Crippen molar-refractivity contribution in [1.29, 1.82) is 0 Å². The van der Waals surface area contributed by atoms with E-state index in [1.54, 1.807) is 36.5 Å². The molecule has 1 aromatic carbocycles. The van der Waals surface area contributed by atoms with Crippen molar-refractivity contribution in [3.8, 4) is 16.9 Å². The van der Waals surface area contributed by atoms with Crippen molar-refractivity contribution < 1.29 is 32.2 Å². The monoisotopic (exact) mass is 387 g/mol. The van der Waals surface area contributed by atoms with Crippen molar-refractivity contribution in [2.75, 3.05) is 19.0 Å². The van der Waals surface area contributed by atoms with Gasteiger partial charge in [-0.05, 0) is 31.5 Å². The van der Waals surface area contributed by atoms with Crippen LogP contribution in [0.1, 0.15) is 22.2 Å². The smallest absolute Gasteiger partial charge is 0.471 e. The average molecular weight is 387 g/mol. The van der Waals surface area contributed by atoms with E-state index in [1.165, 1.54) is 0 Å². The van der Waals surface area contributed by atoms with Gasteiger partial charge in [0.25, 0.3) is 0 Å². The fraction of sp³-hybridized carbons (Fsp3) is 0.294. The highest BCUT2D eigenvalue weighted by atomic mass is 32.1. The lowest BCUT2D eigenvalue weighted by Gasteiger charge is -2.10. The number of alkyl halides is 3. The molecule has 2 aromatic rings. The molecule has 1 aromatic heterocycles. The fourth-order valence-corrected chi connectivity index (χ4v) is 3.39. The predicted octanol–water partition coefficient (Wildman–Crippen LogP) is 4.41. The molecule has 0 saturated carbocycles. The second-order valence-electron chi connectivity index (χ2n) is 5.14. The second-order valence-corrected chi connectivity index (χ2v) is 6.36. The molecule has 0 spiro atoms. The number of ether oxygens (including phenoxy) is 2. The Morgan fingerprint density at radius 2 is 1.81 bits per heavy atom. The van der Waals surface area contributed by atoms with Gasteiger partial charge in [0.1, 0.15) is 16.3 Å². The number of esters is 1. The van der Waals surface area contributed by atoms with Crippen LogP contribution in [-0.2, 0) is 9.53 Å². The minimum atomic E-state index is -5.06. The Morgan fingerprint density at radius 3 is 2.31 bits per heavy atom. The lowest BCUT2D eigenvalue weighted by molar-refractivity contribution is -0.167. The first-order chi connectivity index (χ1) is 12.2. The number of anilines is 1. The van der Waals surface area contributed by atoms with Crippen molar-refractivity contribution in [1.82, 2.24) is 0 Å². The highest BCUT2D eigenvalue weighted by Gasteiger charge is 2.40. The number of hydrogen-bond donors (Lipinski definition) is 1. The predicted molar refractivity (Wildman–Crippen MR) is 91.7 cm³/mol. The molecule has 0 aliphatic carbocycles. The van der Waals surface area contributed by atoms with Crippen LogP contribution in [0, 0.1) is 6.92 Å². The summed E-state index contributed by atoms with van der Waals surface area (Å²) in [6.07, 6.45) is -5.06. The second kappa shape index (κ2) is 7.77. The van der Waals surface area contributed by atoms with Crippen LogP contribution in [0.4, 0.5) is 18.2 Å². The van der Waals surface area contributed by atoms with Gasteiger partial charge in [-0.15, -0.1) is 11.3 Å². The summed E-state index contributed by atoms with van der Waals surface area (Å²) in [5, 5.41) is 1.55. The summed E-state index contributed by atoms with van der Waals surface area (Å²) in [7, 11) is 1.12. The van der Waals surface area contributed by atoms with Crippen LogP contribution in [0.3, 0.4) is 0 Å². The number of aryl methyl sites for hydroxylation is 1. The molecule has 0 saturated heterocycles. The van der Waals surface area contributed by atoms with Gasteiger partial charge in [0.15, 0.2) is 0 Å². The molecular formula is C17H16F3NO4S. The third-order valence-electron chi connectivity index (χ3n) is 3.41. The van der Waals surface area contributed by atoms with Gasteiger partial charge in [-0.25, -0.2) is 4.79 Å². The zero-order valence-electron chi connectivity index (χ0n) is 14.2. The summed E-state index contributed by atoms with van der Waals surface area (Å²) in [4.78, 5) is 24.0. The first-order valence-electron chi connectivity index (χ1n) is 7.52.